The summed E-state index contributed by atoms with van der Waals surface area (Å²) in [5, 5.41) is 0.699. The van der Waals surface area contributed by atoms with Crippen LogP contribution < -0.4 is 10.5 Å². The van der Waals surface area contributed by atoms with E-state index >= 15 is 0 Å². The molecule has 0 heterocycles. The Hall–Kier alpha value is -0.440. The van der Waals surface area contributed by atoms with Crippen LogP contribution in [0.4, 0.5) is 0 Å². The lowest BCUT2D eigenvalue weighted by molar-refractivity contribution is 0.399. The summed E-state index contributed by atoms with van der Waals surface area (Å²) in [5.74, 6) is 1.37. The largest absolute Gasteiger partial charge is 0.496 e. The topological polar surface area (TPSA) is 35.2 Å². The van der Waals surface area contributed by atoms with Crippen molar-refractivity contribution in [2.75, 3.05) is 7.11 Å². The molecule has 0 bridgehead atoms. The third-order valence-electron chi connectivity index (χ3n) is 2.32. The van der Waals surface area contributed by atoms with E-state index in [2.05, 4.69) is 13.8 Å². The van der Waals surface area contributed by atoms with Crippen LogP contribution in [0.5, 0.6) is 5.75 Å². The van der Waals surface area contributed by atoms with Gasteiger partial charge < -0.3 is 10.5 Å². The summed E-state index contributed by atoms with van der Waals surface area (Å²) in [6, 6.07) is 5.54. The van der Waals surface area contributed by atoms with Crippen LogP contribution in [0.25, 0.3) is 0 Å². The van der Waals surface area contributed by atoms with E-state index in [9.17, 15) is 0 Å². The van der Waals surface area contributed by atoms with E-state index in [-0.39, 0.29) is 18.4 Å². The maximum atomic E-state index is 6.10. The minimum atomic E-state index is -0.0151. The molecular weight excluding hydrogens is 245 g/mol. The first-order chi connectivity index (χ1) is 7.04. The molecule has 2 nitrogen and oxygen atoms in total. The smallest absolute Gasteiger partial charge is 0.123 e. The van der Waals surface area contributed by atoms with Gasteiger partial charge in [0.15, 0.2) is 0 Å². The van der Waals surface area contributed by atoms with Crippen LogP contribution >= 0.6 is 24.0 Å². The van der Waals surface area contributed by atoms with E-state index in [0.717, 1.165) is 17.7 Å². The van der Waals surface area contributed by atoms with Crippen LogP contribution in [-0.4, -0.2) is 7.11 Å². The zero-order chi connectivity index (χ0) is 11.4. The van der Waals surface area contributed by atoms with Gasteiger partial charge >= 0.3 is 0 Å². The van der Waals surface area contributed by atoms with Gasteiger partial charge in [-0.3, -0.25) is 0 Å². The zero-order valence-electron chi connectivity index (χ0n) is 9.87. The van der Waals surface area contributed by atoms with E-state index in [0.29, 0.717) is 10.9 Å². The molecule has 0 aliphatic heterocycles. The minimum Gasteiger partial charge on any atom is -0.496 e. The Morgan fingerprint density at radius 1 is 1.38 bits per heavy atom. The highest BCUT2D eigenvalue weighted by Crippen LogP contribution is 2.30. The fraction of sp³-hybridized carbons (Fsp3) is 0.500. The molecule has 0 aliphatic rings. The minimum absolute atomic E-state index is 0. The molecule has 0 radical (unpaired) electrons. The second kappa shape index (κ2) is 7.00. The van der Waals surface area contributed by atoms with Crippen molar-refractivity contribution >= 4 is 24.0 Å². The van der Waals surface area contributed by atoms with Gasteiger partial charge in [0.2, 0.25) is 0 Å². The summed E-state index contributed by atoms with van der Waals surface area (Å²) >= 11 is 5.94. The fourth-order valence-electron chi connectivity index (χ4n) is 1.63. The Balaban J connectivity index is 0.00000225. The molecule has 0 spiro atoms. The van der Waals surface area contributed by atoms with Gasteiger partial charge in [-0.2, -0.15) is 0 Å². The first-order valence-corrected chi connectivity index (χ1v) is 5.51. The van der Waals surface area contributed by atoms with Gasteiger partial charge in [0.1, 0.15) is 5.75 Å². The van der Waals surface area contributed by atoms with Gasteiger partial charge in [-0.05, 0) is 30.5 Å². The van der Waals surface area contributed by atoms with Crippen LogP contribution in [-0.2, 0) is 0 Å². The number of hydrogen-bond donors (Lipinski definition) is 1. The van der Waals surface area contributed by atoms with Crippen molar-refractivity contribution in [3.05, 3.63) is 28.8 Å². The average Bonchev–Trinajstić information content (AvgIpc) is 2.16. The van der Waals surface area contributed by atoms with Crippen LogP contribution in [0.3, 0.4) is 0 Å². The predicted octanol–water partition coefficient (Wildman–Crippen LogP) is 3.82. The maximum absolute atomic E-state index is 6.10. The predicted molar refractivity (Wildman–Crippen MR) is 71.6 cm³/mol. The summed E-state index contributed by atoms with van der Waals surface area (Å²) < 4.78 is 5.26. The molecule has 1 atom stereocenters. The molecule has 0 aromatic heterocycles. The van der Waals surface area contributed by atoms with Crippen molar-refractivity contribution in [1.82, 2.24) is 0 Å². The molecule has 0 fully saturated rings. The monoisotopic (exact) mass is 263 g/mol. The quantitative estimate of drug-likeness (QED) is 0.897. The van der Waals surface area contributed by atoms with E-state index in [1.165, 1.54) is 0 Å². The number of nitrogens with two attached hydrogens (primary N) is 1. The first-order valence-electron chi connectivity index (χ1n) is 5.13. The van der Waals surface area contributed by atoms with E-state index in [1.807, 2.05) is 18.2 Å². The molecule has 1 aromatic carbocycles. The molecule has 0 amide bonds. The van der Waals surface area contributed by atoms with Gasteiger partial charge in [0, 0.05) is 16.6 Å². The summed E-state index contributed by atoms with van der Waals surface area (Å²) in [5.41, 5.74) is 7.09. The van der Waals surface area contributed by atoms with Gasteiger partial charge in [0.25, 0.3) is 0 Å². The molecule has 0 aliphatic carbocycles. The van der Waals surface area contributed by atoms with Crippen molar-refractivity contribution in [2.45, 2.75) is 26.3 Å². The van der Waals surface area contributed by atoms with Gasteiger partial charge in [-0.15, -0.1) is 12.4 Å². The number of methoxy groups -OCH3 is 1. The zero-order valence-corrected chi connectivity index (χ0v) is 11.4. The average molecular weight is 264 g/mol. The molecule has 16 heavy (non-hydrogen) atoms. The third-order valence-corrected chi connectivity index (χ3v) is 2.55. The Morgan fingerprint density at radius 3 is 2.50 bits per heavy atom. The molecule has 1 rings (SSSR count). The Morgan fingerprint density at radius 2 is 2.00 bits per heavy atom. The standard InChI is InChI=1S/C12H18ClNO.ClH/c1-8(2)6-11(14)10-7-9(13)4-5-12(10)15-3;/h4-5,7-8,11H,6,14H2,1-3H3;1H/t11-;/m1./s1. The molecular formula is C12H19Cl2NO. The molecule has 4 heteroatoms. The Bertz CT molecular complexity index is 329. The maximum Gasteiger partial charge on any atom is 0.123 e. The highest BCUT2D eigenvalue weighted by atomic mass is 35.5. The lowest BCUT2D eigenvalue weighted by Crippen LogP contribution is -2.14. The van der Waals surface area contributed by atoms with E-state index in [1.54, 1.807) is 7.11 Å². The molecule has 0 saturated heterocycles. The highest BCUT2D eigenvalue weighted by molar-refractivity contribution is 6.30. The number of benzene rings is 1. The molecule has 92 valence electrons. The molecule has 1 aromatic rings. The SMILES string of the molecule is COc1ccc(Cl)cc1[C@H](N)CC(C)C.Cl. The van der Waals surface area contributed by atoms with Crippen molar-refractivity contribution in [2.24, 2.45) is 11.7 Å². The van der Waals surface area contributed by atoms with E-state index < -0.39 is 0 Å². The van der Waals surface area contributed by atoms with Crippen molar-refractivity contribution < 1.29 is 4.74 Å². The number of rotatable bonds is 4. The highest BCUT2D eigenvalue weighted by Gasteiger charge is 2.13. The van der Waals surface area contributed by atoms with Crippen molar-refractivity contribution in [1.29, 1.82) is 0 Å². The normalized spacial score (nSPS) is 12.1. The number of halogens is 2. The second-order valence-electron chi connectivity index (χ2n) is 4.12. The Labute approximate surface area is 109 Å². The van der Waals surface area contributed by atoms with Crippen molar-refractivity contribution in [3.63, 3.8) is 0 Å². The van der Waals surface area contributed by atoms with Gasteiger partial charge in [-0.25, -0.2) is 0 Å². The van der Waals surface area contributed by atoms with E-state index in [4.69, 9.17) is 22.1 Å². The molecule has 0 saturated carbocycles. The second-order valence-corrected chi connectivity index (χ2v) is 4.56. The summed E-state index contributed by atoms with van der Waals surface area (Å²) in [6.45, 7) is 4.30. The first kappa shape index (κ1) is 15.6. The third kappa shape index (κ3) is 4.20. The lowest BCUT2D eigenvalue weighted by Gasteiger charge is -2.17. The van der Waals surface area contributed by atoms with Crippen LogP contribution in [0.15, 0.2) is 18.2 Å². The molecule has 0 unspecified atom stereocenters. The lowest BCUT2D eigenvalue weighted by atomic mass is 9.97. The van der Waals surface area contributed by atoms with Crippen LogP contribution in [0.1, 0.15) is 31.9 Å². The van der Waals surface area contributed by atoms with Gasteiger partial charge in [-0.1, -0.05) is 25.4 Å². The summed E-state index contributed by atoms with van der Waals surface area (Å²) in [6.07, 6.45) is 0.927. The van der Waals surface area contributed by atoms with Crippen molar-refractivity contribution in [3.8, 4) is 5.75 Å². The van der Waals surface area contributed by atoms with Crippen LogP contribution in [0.2, 0.25) is 5.02 Å². The Kier molecular flexibility index (Phi) is 6.81. The van der Waals surface area contributed by atoms with Gasteiger partial charge in [0.05, 0.1) is 7.11 Å². The molecule has 2 N–H and O–H groups in total. The fourth-order valence-corrected chi connectivity index (χ4v) is 1.81. The summed E-state index contributed by atoms with van der Waals surface area (Å²) in [4.78, 5) is 0. The number of ether oxygens (including phenoxy) is 1. The van der Waals surface area contributed by atoms with Crippen LogP contribution in [0, 0.1) is 5.92 Å². The summed E-state index contributed by atoms with van der Waals surface area (Å²) in [7, 11) is 1.65. The number of hydrogen-bond acceptors (Lipinski definition) is 2.